The van der Waals surface area contributed by atoms with Gasteiger partial charge in [0.1, 0.15) is 0 Å². The van der Waals surface area contributed by atoms with Gasteiger partial charge in [-0.1, -0.05) is 19.3 Å². The van der Waals surface area contributed by atoms with Gasteiger partial charge in [-0.25, -0.2) is 0 Å². The molecule has 0 saturated carbocycles. The minimum atomic E-state index is 0.0859. The summed E-state index contributed by atoms with van der Waals surface area (Å²) in [4.78, 5) is 14.3. The number of anilines is 2. The number of carbonyl (C=O) groups excluding carboxylic acids is 1. The van der Waals surface area contributed by atoms with E-state index < -0.39 is 0 Å². The van der Waals surface area contributed by atoms with E-state index in [1.54, 1.807) is 0 Å². The van der Waals surface area contributed by atoms with Gasteiger partial charge in [0.25, 0.3) is 0 Å². The van der Waals surface area contributed by atoms with Crippen LogP contribution < -0.4 is 10.6 Å². The zero-order chi connectivity index (χ0) is 14.2. The van der Waals surface area contributed by atoms with Gasteiger partial charge in [0, 0.05) is 18.4 Å². The van der Waals surface area contributed by atoms with Crippen molar-refractivity contribution in [2.45, 2.75) is 32.1 Å². The number of nitrogens with one attached hydrogen (secondary N) is 2. The van der Waals surface area contributed by atoms with Crippen LogP contribution in [0.3, 0.4) is 0 Å². The second-order valence-electron chi connectivity index (χ2n) is 5.42. The monoisotopic (exact) mass is 275 g/mol. The molecule has 0 bridgehead atoms. The molecule has 0 radical (unpaired) electrons. The van der Waals surface area contributed by atoms with Gasteiger partial charge in [0.2, 0.25) is 5.91 Å². The summed E-state index contributed by atoms with van der Waals surface area (Å²) in [5, 5.41) is 6.03. The summed E-state index contributed by atoms with van der Waals surface area (Å²) in [6.45, 7) is 2.60. The molecule has 1 heterocycles. The van der Waals surface area contributed by atoms with Crippen molar-refractivity contribution >= 4 is 17.3 Å². The number of amides is 1. The zero-order valence-electron chi connectivity index (χ0n) is 12.3. The molecule has 2 N–H and O–H groups in total. The first kappa shape index (κ1) is 14.9. The number of likely N-dealkylation sites (tertiary alicyclic amines) is 1. The first-order chi connectivity index (χ1) is 9.78. The number of hydrogen-bond acceptors (Lipinski definition) is 3. The number of benzene rings is 1. The van der Waals surface area contributed by atoms with Crippen LogP contribution in [0.25, 0.3) is 0 Å². The molecule has 0 atom stereocenters. The van der Waals surface area contributed by atoms with Crippen LogP contribution in [0.4, 0.5) is 11.4 Å². The summed E-state index contributed by atoms with van der Waals surface area (Å²) < 4.78 is 0. The molecule has 4 heteroatoms. The van der Waals surface area contributed by atoms with E-state index in [1.165, 1.54) is 32.1 Å². The lowest BCUT2D eigenvalue weighted by molar-refractivity contribution is -0.117. The molecule has 1 aromatic rings. The Morgan fingerprint density at radius 3 is 2.15 bits per heavy atom. The van der Waals surface area contributed by atoms with Crippen LogP contribution in [-0.2, 0) is 4.79 Å². The molecule has 2 rings (SSSR count). The normalized spacial score (nSPS) is 17.1. The van der Waals surface area contributed by atoms with E-state index in [0.717, 1.165) is 24.5 Å². The molecule has 0 unspecified atom stereocenters. The maximum Gasteiger partial charge on any atom is 0.238 e. The van der Waals surface area contributed by atoms with E-state index in [-0.39, 0.29) is 5.91 Å². The quantitative estimate of drug-likeness (QED) is 0.888. The molecule has 1 fully saturated rings. The van der Waals surface area contributed by atoms with Gasteiger partial charge < -0.3 is 10.6 Å². The lowest BCUT2D eigenvalue weighted by Gasteiger charge is -2.23. The molecule has 4 nitrogen and oxygen atoms in total. The zero-order valence-corrected chi connectivity index (χ0v) is 12.3. The summed E-state index contributed by atoms with van der Waals surface area (Å²) in [5.41, 5.74) is 1.91. The SMILES string of the molecule is CNc1ccc(NC(=O)CN2CCCCCCC2)cc1. The summed E-state index contributed by atoms with van der Waals surface area (Å²) in [6.07, 6.45) is 6.36. The van der Waals surface area contributed by atoms with Crippen molar-refractivity contribution in [2.75, 3.05) is 37.3 Å². The lowest BCUT2D eigenvalue weighted by atomic mass is 10.1. The molecule has 1 aliphatic rings. The fourth-order valence-corrected chi connectivity index (χ4v) is 2.59. The second kappa shape index (κ2) is 7.90. The van der Waals surface area contributed by atoms with Crippen molar-refractivity contribution in [1.82, 2.24) is 4.90 Å². The van der Waals surface area contributed by atoms with Crippen LogP contribution in [0, 0.1) is 0 Å². The molecule has 110 valence electrons. The van der Waals surface area contributed by atoms with Gasteiger partial charge in [-0.15, -0.1) is 0 Å². The van der Waals surface area contributed by atoms with Crippen molar-refractivity contribution in [2.24, 2.45) is 0 Å². The van der Waals surface area contributed by atoms with Gasteiger partial charge in [-0.05, 0) is 50.2 Å². The van der Waals surface area contributed by atoms with Crippen LogP contribution >= 0.6 is 0 Å². The Bertz CT molecular complexity index is 408. The van der Waals surface area contributed by atoms with E-state index in [0.29, 0.717) is 6.54 Å². The lowest BCUT2D eigenvalue weighted by Crippen LogP contribution is -2.35. The van der Waals surface area contributed by atoms with Crippen molar-refractivity contribution < 1.29 is 4.79 Å². The van der Waals surface area contributed by atoms with Crippen molar-refractivity contribution in [3.05, 3.63) is 24.3 Å². The summed E-state index contributed by atoms with van der Waals surface area (Å²) in [6, 6.07) is 7.78. The highest BCUT2D eigenvalue weighted by atomic mass is 16.2. The van der Waals surface area contributed by atoms with Gasteiger partial charge >= 0.3 is 0 Å². The fourth-order valence-electron chi connectivity index (χ4n) is 2.59. The Balaban J connectivity index is 1.81. The van der Waals surface area contributed by atoms with E-state index in [2.05, 4.69) is 15.5 Å². The molecule has 1 aromatic carbocycles. The standard InChI is InChI=1S/C16H25N3O/c1-17-14-7-9-15(10-8-14)18-16(20)13-19-11-5-3-2-4-6-12-19/h7-10,17H,2-6,11-13H2,1H3,(H,18,20). The smallest absolute Gasteiger partial charge is 0.238 e. The molecule has 1 saturated heterocycles. The Morgan fingerprint density at radius 2 is 1.55 bits per heavy atom. The molecule has 0 spiro atoms. The maximum absolute atomic E-state index is 12.1. The molecular weight excluding hydrogens is 250 g/mol. The topological polar surface area (TPSA) is 44.4 Å². The largest absolute Gasteiger partial charge is 0.388 e. The molecule has 0 aromatic heterocycles. The summed E-state index contributed by atoms with van der Waals surface area (Å²) in [5.74, 6) is 0.0859. The van der Waals surface area contributed by atoms with Gasteiger partial charge in [-0.3, -0.25) is 9.69 Å². The third-order valence-electron chi connectivity index (χ3n) is 3.77. The number of carbonyl (C=O) groups is 1. The summed E-state index contributed by atoms with van der Waals surface area (Å²) >= 11 is 0. The molecule has 20 heavy (non-hydrogen) atoms. The minimum Gasteiger partial charge on any atom is -0.388 e. The number of nitrogens with zero attached hydrogens (tertiary/aromatic N) is 1. The Morgan fingerprint density at radius 1 is 1.00 bits per heavy atom. The predicted octanol–water partition coefficient (Wildman–Crippen LogP) is 2.93. The van der Waals surface area contributed by atoms with E-state index in [4.69, 9.17) is 0 Å². The predicted molar refractivity (Wildman–Crippen MR) is 84.1 cm³/mol. The first-order valence-electron chi connectivity index (χ1n) is 7.58. The molecule has 0 aliphatic carbocycles. The number of hydrogen-bond donors (Lipinski definition) is 2. The van der Waals surface area contributed by atoms with Crippen LogP contribution in [0.15, 0.2) is 24.3 Å². The van der Waals surface area contributed by atoms with Crippen LogP contribution in [-0.4, -0.2) is 37.5 Å². The first-order valence-corrected chi connectivity index (χ1v) is 7.58. The van der Waals surface area contributed by atoms with Gasteiger partial charge in [0.15, 0.2) is 0 Å². The third kappa shape index (κ3) is 4.85. The highest BCUT2D eigenvalue weighted by molar-refractivity contribution is 5.92. The van der Waals surface area contributed by atoms with E-state index in [1.807, 2.05) is 31.3 Å². The van der Waals surface area contributed by atoms with Crippen molar-refractivity contribution in [3.8, 4) is 0 Å². The van der Waals surface area contributed by atoms with E-state index >= 15 is 0 Å². The van der Waals surface area contributed by atoms with E-state index in [9.17, 15) is 4.79 Å². The van der Waals surface area contributed by atoms with Crippen LogP contribution in [0.5, 0.6) is 0 Å². The van der Waals surface area contributed by atoms with Crippen molar-refractivity contribution in [3.63, 3.8) is 0 Å². The third-order valence-corrected chi connectivity index (χ3v) is 3.77. The Hall–Kier alpha value is -1.55. The van der Waals surface area contributed by atoms with Gasteiger partial charge in [-0.2, -0.15) is 0 Å². The summed E-state index contributed by atoms with van der Waals surface area (Å²) in [7, 11) is 1.88. The second-order valence-corrected chi connectivity index (χ2v) is 5.42. The van der Waals surface area contributed by atoms with Crippen molar-refractivity contribution in [1.29, 1.82) is 0 Å². The molecule has 1 amide bonds. The minimum absolute atomic E-state index is 0.0859. The molecule has 1 aliphatic heterocycles. The number of rotatable bonds is 4. The highest BCUT2D eigenvalue weighted by Gasteiger charge is 2.12. The Labute approximate surface area is 121 Å². The average Bonchev–Trinajstić information content (AvgIpc) is 2.42. The fraction of sp³-hybridized carbons (Fsp3) is 0.562. The average molecular weight is 275 g/mol. The van der Waals surface area contributed by atoms with Crippen LogP contribution in [0.2, 0.25) is 0 Å². The Kier molecular flexibility index (Phi) is 5.87. The maximum atomic E-state index is 12.1. The van der Waals surface area contributed by atoms with Gasteiger partial charge in [0.05, 0.1) is 6.54 Å². The molecular formula is C16H25N3O. The van der Waals surface area contributed by atoms with Crippen LogP contribution in [0.1, 0.15) is 32.1 Å². The highest BCUT2D eigenvalue weighted by Crippen LogP contribution is 2.13.